The zero-order chi connectivity index (χ0) is 18.8. The van der Waals surface area contributed by atoms with Crippen molar-refractivity contribution in [2.24, 2.45) is 0 Å². The smallest absolute Gasteiger partial charge is 0.248 e. The molecule has 1 amide bonds. The molecular weight excluding hydrogens is 333 g/mol. The van der Waals surface area contributed by atoms with Gasteiger partial charge in [-0.15, -0.1) is 0 Å². The van der Waals surface area contributed by atoms with Gasteiger partial charge in [-0.25, -0.2) is 4.39 Å². The maximum atomic E-state index is 12.9. The summed E-state index contributed by atoms with van der Waals surface area (Å²) >= 11 is 0. The Kier molecular flexibility index (Phi) is 7.68. The summed E-state index contributed by atoms with van der Waals surface area (Å²) in [4.78, 5) is 11.9. The standard InChI is InChI=1S/C21H24FNO3/c1-3-4-5-14-26-19-12-6-16(15-20(19)25-2)7-13-21(24)23-18-10-8-17(22)9-11-18/h6-13,15H,3-5,14H2,1-2H3,(H,23,24). The Morgan fingerprint density at radius 2 is 1.88 bits per heavy atom. The number of nitrogens with one attached hydrogen (secondary N) is 1. The second-order valence-corrected chi connectivity index (χ2v) is 5.80. The summed E-state index contributed by atoms with van der Waals surface area (Å²) in [6.45, 7) is 2.80. The second-order valence-electron chi connectivity index (χ2n) is 5.80. The number of hydrogen-bond acceptors (Lipinski definition) is 3. The van der Waals surface area contributed by atoms with E-state index in [0.717, 1.165) is 24.8 Å². The lowest BCUT2D eigenvalue weighted by Crippen LogP contribution is -2.07. The fraction of sp³-hybridized carbons (Fsp3) is 0.286. The quantitative estimate of drug-likeness (QED) is 0.504. The molecule has 0 saturated carbocycles. The normalized spacial score (nSPS) is 10.7. The van der Waals surface area contributed by atoms with Crippen molar-refractivity contribution in [3.05, 3.63) is 59.9 Å². The van der Waals surface area contributed by atoms with Crippen molar-refractivity contribution < 1.29 is 18.7 Å². The van der Waals surface area contributed by atoms with Gasteiger partial charge in [0.2, 0.25) is 5.91 Å². The molecule has 26 heavy (non-hydrogen) atoms. The predicted molar refractivity (Wildman–Crippen MR) is 102 cm³/mol. The van der Waals surface area contributed by atoms with Crippen LogP contribution in [0.2, 0.25) is 0 Å². The maximum absolute atomic E-state index is 12.9. The van der Waals surface area contributed by atoms with Gasteiger partial charge in [0.05, 0.1) is 13.7 Å². The van der Waals surface area contributed by atoms with Crippen LogP contribution in [0.15, 0.2) is 48.5 Å². The second kappa shape index (κ2) is 10.2. The molecule has 0 saturated heterocycles. The Labute approximate surface area is 153 Å². The molecule has 0 atom stereocenters. The van der Waals surface area contributed by atoms with E-state index in [9.17, 15) is 9.18 Å². The van der Waals surface area contributed by atoms with Gasteiger partial charge in [0.15, 0.2) is 11.5 Å². The predicted octanol–water partition coefficient (Wildman–Crippen LogP) is 5.06. The van der Waals surface area contributed by atoms with Crippen LogP contribution in [0.3, 0.4) is 0 Å². The SMILES string of the molecule is CCCCCOc1ccc(C=CC(=O)Nc2ccc(F)cc2)cc1OC. The first kappa shape index (κ1) is 19.5. The summed E-state index contributed by atoms with van der Waals surface area (Å²) in [6.07, 6.45) is 6.38. The molecular formula is C21H24FNO3. The van der Waals surface area contributed by atoms with Crippen molar-refractivity contribution in [1.29, 1.82) is 0 Å². The first-order valence-electron chi connectivity index (χ1n) is 8.68. The number of halogens is 1. The minimum absolute atomic E-state index is 0.296. The number of carbonyl (C=O) groups is 1. The number of ether oxygens (including phenoxy) is 2. The number of anilines is 1. The Morgan fingerprint density at radius 3 is 2.58 bits per heavy atom. The minimum atomic E-state index is -0.345. The Hall–Kier alpha value is -2.82. The summed E-state index contributed by atoms with van der Waals surface area (Å²) in [5, 5.41) is 2.67. The largest absolute Gasteiger partial charge is 0.493 e. The van der Waals surface area contributed by atoms with Gasteiger partial charge in [0.1, 0.15) is 5.82 Å². The van der Waals surface area contributed by atoms with E-state index >= 15 is 0 Å². The van der Waals surface area contributed by atoms with Crippen molar-refractivity contribution in [3.63, 3.8) is 0 Å². The third-order valence-corrected chi connectivity index (χ3v) is 3.73. The van der Waals surface area contributed by atoms with E-state index in [4.69, 9.17) is 9.47 Å². The molecule has 5 heteroatoms. The highest BCUT2D eigenvalue weighted by atomic mass is 19.1. The summed E-state index contributed by atoms with van der Waals surface area (Å²) in [5.41, 5.74) is 1.35. The summed E-state index contributed by atoms with van der Waals surface area (Å²) in [7, 11) is 1.59. The average Bonchev–Trinajstić information content (AvgIpc) is 2.66. The highest BCUT2D eigenvalue weighted by Crippen LogP contribution is 2.28. The zero-order valence-corrected chi connectivity index (χ0v) is 15.1. The van der Waals surface area contributed by atoms with Crippen LogP contribution in [0.5, 0.6) is 11.5 Å². The van der Waals surface area contributed by atoms with E-state index in [1.54, 1.807) is 13.2 Å². The number of carbonyl (C=O) groups excluding carboxylic acids is 1. The summed E-state index contributed by atoms with van der Waals surface area (Å²) in [5.74, 6) is 0.678. The monoisotopic (exact) mass is 357 g/mol. The molecule has 0 aliphatic rings. The van der Waals surface area contributed by atoms with Gasteiger partial charge in [-0.2, -0.15) is 0 Å². The fourth-order valence-corrected chi connectivity index (χ4v) is 2.33. The molecule has 138 valence electrons. The van der Waals surface area contributed by atoms with Crippen LogP contribution in [-0.2, 0) is 4.79 Å². The Balaban J connectivity index is 1.96. The molecule has 1 N–H and O–H groups in total. The van der Waals surface area contributed by atoms with Crippen molar-refractivity contribution in [2.75, 3.05) is 19.0 Å². The fourth-order valence-electron chi connectivity index (χ4n) is 2.33. The van der Waals surface area contributed by atoms with Crippen molar-refractivity contribution >= 4 is 17.7 Å². The molecule has 0 bridgehead atoms. The van der Waals surface area contributed by atoms with E-state index in [1.165, 1.54) is 30.3 Å². The van der Waals surface area contributed by atoms with E-state index in [1.807, 2.05) is 18.2 Å². The maximum Gasteiger partial charge on any atom is 0.248 e. The number of rotatable bonds is 9. The Bertz CT molecular complexity index is 741. The van der Waals surface area contributed by atoms with Crippen molar-refractivity contribution in [2.45, 2.75) is 26.2 Å². The van der Waals surface area contributed by atoms with Crippen molar-refractivity contribution in [3.8, 4) is 11.5 Å². The van der Waals surface area contributed by atoms with Gasteiger partial charge in [-0.05, 0) is 54.5 Å². The number of benzene rings is 2. The average molecular weight is 357 g/mol. The lowest BCUT2D eigenvalue weighted by molar-refractivity contribution is -0.111. The highest BCUT2D eigenvalue weighted by molar-refractivity contribution is 6.01. The van der Waals surface area contributed by atoms with E-state index in [-0.39, 0.29) is 11.7 Å². The van der Waals surface area contributed by atoms with E-state index in [2.05, 4.69) is 12.2 Å². The van der Waals surface area contributed by atoms with Gasteiger partial charge in [0, 0.05) is 11.8 Å². The van der Waals surface area contributed by atoms with Crippen LogP contribution in [0, 0.1) is 5.82 Å². The van der Waals surface area contributed by atoms with Gasteiger partial charge in [0.25, 0.3) is 0 Å². The van der Waals surface area contributed by atoms with Gasteiger partial charge >= 0.3 is 0 Å². The van der Waals surface area contributed by atoms with Crippen LogP contribution in [0.25, 0.3) is 6.08 Å². The lowest BCUT2D eigenvalue weighted by Gasteiger charge is -2.11. The molecule has 4 nitrogen and oxygen atoms in total. The highest BCUT2D eigenvalue weighted by Gasteiger charge is 2.05. The summed E-state index contributed by atoms with van der Waals surface area (Å²) < 4.78 is 24.0. The molecule has 0 radical (unpaired) electrons. The first-order valence-corrected chi connectivity index (χ1v) is 8.68. The molecule has 0 aliphatic carbocycles. The third kappa shape index (κ3) is 6.24. The number of methoxy groups -OCH3 is 1. The topological polar surface area (TPSA) is 47.6 Å². The molecule has 0 aliphatic heterocycles. The number of amides is 1. The van der Waals surface area contributed by atoms with Crippen LogP contribution in [0.4, 0.5) is 10.1 Å². The molecule has 0 heterocycles. The summed E-state index contributed by atoms with van der Waals surface area (Å²) in [6, 6.07) is 11.1. The van der Waals surface area contributed by atoms with Crippen LogP contribution < -0.4 is 14.8 Å². The van der Waals surface area contributed by atoms with Crippen LogP contribution in [0.1, 0.15) is 31.7 Å². The molecule has 0 spiro atoms. The molecule has 2 aromatic rings. The van der Waals surface area contributed by atoms with Crippen LogP contribution in [-0.4, -0.2) is 19.6 Å². The third-order valence-electron chi connectivity index (χ3n) is 3.73. The van der Waals surface area contributed by atoms with Gasteiger partial charge < -0.3 is 14.8 Å². The van der Waals surface area contributed by atoms with Crippen molar-refractivity contribution in [1.82, 2.24) is 0 Å². The first-order chi connectivity index (χ1) is 12.6. The zero-order valence-electron chi connectivity index (χ0n) is 15.1. The number of hydrogen-bond donors (Lipinski definition) is 1. The molecule has 0 fully saturated rings. The lowest BCUT2D eigenvalue weighted by atomic mass is 10.2. The van der Waals surface area contributed by atoms with E-state index in [0.29, 0.717) is 23.8 Å². The Morgan fingerprint density at radius 1 is 1.12 bits per heavy atom. The van der Waals surface area contributed by atoms with Gasteiger partial charge in [-0.3, -0.25) is 4.79 Å². The molecule has 0 unspecified atom stereocenters. The molecule has 0 aromatic heterocycles. The number of unbranched alkanes of at least 4 members (excludes halogenated alkanes) is 2. The minimum Gasteiger partial charge on any atom is -0.493 e. The van der Waals surface area contributed by atoms with Gasteiger partial charge in [-0.1, -0.05) is 25.8 Å². The van der Waals surface area contributed by atoms with E-state index < -0.39 is 0 Å². The molecule has 2 aromatic carbocycles. The van der Waals surface area contributed by atoms with Crippen LogP contribution >= 0.6 is 0 Å². The molecule has 2 rings (SSSR count).